The molecule has 0 aromatic heterocycles. The van der Waals surface area contributed by atoms with Crippen LogP contribution in [0.2, 0.25) is 0 Å². The van der Waals surface area contributed by atoms with Gasteiger partial charge in [0.05, 0.1) is 115 Å². The first-order valence-corrected chi connectivity index (χ1v) is 34.2. The van der Waals surface area contributed by atoms with Crippen molar-refractivity contribution in [3.8, 4) is 23.0 Å². The van der Waals surface area contributed by atoms with Gasteiger partial charge in [0.15, 0.2) is 29.2 Å². The Labute approximate surface area is 573 Å². The zero-order valence-corrected chi connectivity index (χ0v) is 57.4. The van der Waals surface area contributed by atoms with E-state index < -0.39 is 54.1 Å². The van der Waals surface area contributed by atoms with Crippen molar-refractivity contribution in [2.24, 2.45) is 28.7 Å². The first-order chi connectivity index (χ1) is 47.5. The van der Waals surface area contributed by atoms with Gasteiger partial charge in [0.25, 0.3) is 11.8 Å². The fourth-order valence-electron chi connectivity index (χ4n) is 12.8. The van der Waals surface area contributed by atoms with Crippen LogP contribution in [-0.4, -0.2) is 180 Å². The first-order valence-electron chi connectivity index (χ1n) is 34.2. The van der Waals surface area contributed by atoms with Gasteiger partial charge in [-0.15, -0.1) is 0 Å². The molecule has 25 nitrogen and oxygen atoms in total. The van der Waals surface area contributed by atoms with E-state index in [0.717, 1.165) is 34.3 Å². The second-order valence-corrected chi connectivity index (χ2v) is 25.7. The Bertz CT molecular complexity index is 3440. The van der Waals surface area contributed by atoms with Gasteiger partial charge in [0.2, 0.25) is 23.6 Å². The van der Waals surface area contributed by atoms with Gasteiger partial charge in [-0.3, -0.25) is 33.8 Å². The molecule has 4 heterocycles. The average Bonchev–Trinajstić information content (AvgIpc) is 1.58. The Hall–Kier alpha value is -8.62. The van der Waals surface area contributed by atoms with E-state index in [0.29, 0.717) is 105 Å². The summed E-state index contributed by atoms with van der Waals surface area (Å²) in [7, 11) is 2.92. The lowest BCUT2D eigenvalue weighted by atomic mass is 9.88. The van der Waals surface area contributed by atoms with Crippen molar-refractivity contribution in [3.05, 3.63) is 113 Å². The molecule has 530 valence electrons. The second kappa shape index (κ2) is 36.3. The molecule has 2 saturated carbocycles. The van der Waals surface area contributed by atoms with Crippen LogP contribution < -0.4 is 45.1 Å². The number of methoxy groups -OCH3 is 2. The minimum Gasteiger partial charge on any atom is -0.493 e. The Balaban J connectivity index is 0.688. The summed E-state index contributed by atoms with van der Waals surface area (Å²) in [6, 6.07) is 9.69. The van der Waals surface area contributed by atoms with E-state index in [1.165, 1.54) is 70.3 Å². The molecule has 9 rings (SSSR count). The van der Waals surface area contributed by atoms with Crippen LogP contribution >= 0.6 is 0 Å². The highest BCUT2D eigenvalue weighted by Gasteiger charge is 2.46. The van der Waals surface area contributed by atoms with E-state index in [-0.39, 0.29) is 92.4 Å². The molecule has 3 aromatic carbocycles. The molecule has 0 bridgehead atoms. The molecule has 6 aliphatic rings. The van der Waals surface area contributed by atoms with Gasteiger partial charge in [0, 0.05) is 62.2 Å². The second-order valence-electron chi connectivity index (χ2n) is 25.7. The van der Waals surface area contributed by atoms with Gasteiger partial charge in [0.1, 0.15) is 18.7 Å². The van der Waals surface area contributed by atoms with Crippen LogP contribution in [0.3, 0.4) is 0 Å². The summed E-state index contributed by atoms with van der Waals surface area (Å²) in [5.74, 6) is 1.03. The Kier molecular flexibility index (Phi) is 27.3. The molecule has 5 N–H and O–H groups in total. The zero-order chi connectivity index (χ0) is 69.7. The number of amides is 7. The predicted octanol–water partition coefficient (Wildman–Crippen LogP) is 8.86. The summed E-state index contributed by atoms with van der Waals surface area (Å²) in [6.45, 7) is 12.0. The number of anilines is 2. The van der Waals surface area contributed by atoms with Gasteiger partial charge < -0.3 is 78.8 Å². The van der Waals surface area contributed by atoms with Crippen LogP contribution in [0, 0.1) is 23.7 Å². The lowest BCUT2D eigenvalue weighted by molar-refractivity contribution is -0.132. The number of benzene rings is 3. The van der Waals surface area contributed by atoms with Crippen molar-refractivity contribution < 1.29 is 81.3 Å². The normalized spacial score (nSPS) is 20.7. The number of hydrogen-bond donors (Lipinski definition) is 5. The first kappa shape index (κ1) is 73.6. The number of carbonyl (C=O) groups excluding carboxylic acids is 7. The zero-order valence-electron chi connectivity index (χ0n) is 57.4. The van der Waals surface area contributed by atoms with Crippen molar-refractivity contribution in [2.75, 3.05) is 97.0 Å². The number of aliphatic hydroxyl groups excluding tert-OH is 1. The smallest absolute Gasteiger partial charge is 0.416 e. The number of aliphatic imine (C=N–C) groups is 1. The average molecular weight is 1360 g/mol. The molecule has 2 aliphatic carbocycles. The topological polar surface area (TPSA) is 293 Å². The van der Waals surface area contributed by atoms with E-state index in [9.17, 15) is 38.7 Å². The summed E-state index contributed by atoms with van der Waals surface area (Å²) in [5, 5.41) is 23.3. The van der Waals surface area contributed by atoms with Crippen LogP contribution in [0.1, 0.15) is 132 Å². The molecule has 0 spiro atoms. The lowest BCUT2D eigenvalue weighted by Crippen LogP contribution is -2.53. The molecule has 7 amide bonds. The third kappa shape index (κ3) is 20.0. The van der Waals surface area contributed by atoms with Crippen molar-refractivity contribution in [2.45, 2.75) is 142 Å². The number of allylic oxidation sites excluding steroid dienone is 4. The van der Waals surface area contributed by atoms with Crippen LogP contribution in [0.15, 0.2) is 101 Å². The Morgan fingerprint density at radius 3 is 1.97 bits per heavy atom. The summed E-state index contributed by atoms with van der Waals surface area (Å²) in [6.07, 6.45) is 19.7. The lowest BCUT2D eigenvalue weighted by Gasteiger charge is -2.31. The number of hydrogen-bond acceptors (Lipinski definition) is 18. The monoisotopic (exact) mass is 1360 g/mol. The van der Waals surface area contributed by atoms with E-state index in [4.69, 9.17) is 42.6 Å². The molecule has 4 aliphatic heterocycles. The highest BCUT2D eigenvalue weighted by Crippen LogP contribution is 2.49. The van der Waals surface area contributed by atoms with Gasteiger partial charge in [-0.25, -0.2) is 9.69 Å². The molecular weight excluding hydrogens is 1260 g/mol. The minimum absolute atomic E-state index is 0.000572. The van der Waals surface area contributed by atoms with Crippen LogP contribution in [0.5, 0.6) is 23.0 Å². The summed E-state index contributed by atoms with van der Waals surface area (Å²) < 4.78 is 51.9. The molecule has 98 heavy (non-hydrogen) atoms. The molecule has 3 aromatic rings. The fraction of sp³-hybridized carbons (Fsp3) is 0.534. The molecule has 2 fully saturated rings. The van der Waals surface area contributed by atoms with Gasteiger partial charge in [-0.05, 0) is 118 Å². The van der Waals surface area contributed by atoms with Crippen LogP contribution in [-0.2, 0) is 49.5 Å². The number of nitrogens with one attached hydrogen (secondary N) is 4. The predicted molar refractivity (Wildman–Crippen MR) is 366 cm³/mol. The maximum absolute atomic E-state index is 14.4. The maximum Gasteiger partial charge on any atom is 0.416 e. The Morgan fingerprint density at radius 1 is 0.673 bits per heavy atom. The van der Waals surface area contributed by atoms with Crippen molar-refractivity contribution >= 4 is 64.8 Å². The fourth-order valence-corrected chi connectivity index (χ4v) is 12.8. The number of ether oxygens (including phenoxy) is 9. The third-order valence-electron chi connectivity index (χ3n) is 18.1. The van der Waals surface area contributed by atoms with Crippen molar-refractivity contribution in [1.29, 1.82) is 0 Å². The van der Waals surface area contributed by atoms with Crippen LogP contribution in [0.25, 0.3) is 0 Å². The highest BCUT2D eigenvalue weighted by molar-refractivity contribution is 6.07. The third-order valence-corrected chi connectivity index (χ3v) is 18.1. The van der Waals surface area contributed by atoms with Gasteiger partial charge in [-0.1, -0.05) is 69.5 Å². The molecular formula is C73H96N8O17. The summed E-state index contributed by atoms with van der Waals surface area (Å²) >= 11 is 0. The van der Waals surface area contributed by atoms with Gasteiger partial charge >= 0.3 is 6.09 Å². The minimum atomic E-state index is -1.57. The number of carbonyl (C=O) groups is 7. The Morgan fingerprint density at radius 2 is 1.30 bits per heavy atom. The molecule has 25 heteroatoms. The SMILES string of the molecule is C/C=C/C1=CN2C(=O)c3cc(OC)c(OCCCOc4cc5c(cc4OC)C(=O)N4C=C(/C=C/C)C[C@H]4[C@H](O)N5C(=O)OCc4ccc(NC(=O)[C@H](C)NC(=O)[C@@H](NC(=O)CCOCCOCCOCCOCCNC(=O)CC5CCCCC6CC6C5)C(C)C)cc4)cc3N=C[C@@H]2C1. The molecule has 0 radical (unpaired) electrons. The van der Waals surface area contributed by atoms with E-state index >= 15 is 0 Å². The molecule has 0 saturated heterocycles. The van der Waals surface area contributed by atoms with Crippen molar-refractivity contribution in [3.63, 3.8) is 0 Å². The van der Waals surface area contributed by atoms with E-state index in [1.54, 1.807) is 67.6 Å². The maximum atomic E-state index is 14.4. The number of nitrogens with zero attached hydrogens (tertiary/aromatic N) is 4. The summed E-state index contributed by atoms with van der Waals surface area (Å²) in [5.41, 5.74) is 3.61. The number of rotatable bonds is 35. The van der Waals surface area contributed by atoms with Gasteiger partial charge in [-0.2, -0.15) is 0 Å². The van der Waals surface area contributed by atoms with Crippen molar-refractivity contribution in [1.82, 2.24) is 25.8 Å². The quantitative estimate of drug-likeness (QED) is 0.0344. The van der Waals surface area contributed by atoms with Crippen LogP contribution in [0.4, 0.5) is 21.9 Å². The molecule has 8 atom stereocenters. The summed E-state index contributed by atoms with van der Waals surface area (Å²) in [4.78, 5) is 103. The van der Waals surface area contributed by atoms with E-state index in [1.807, 2.05) is 44.4 Å². The standard InChI is InChI=1S/C73H96N8O17/c1-8-13-50-34-55-42-75-58-40-63(61(90-6)38-56(58)70(86)79(55)43-50)96-23-12-24-97-64-41-59-57(39-62(64)91-7)71(87)80-44-51(14-9-2)35-60(80)72(88)81(59)73(89)98-45-48-17-19-54(20-18-48)77-68(84)47(5)76-69(85)67(46(3)4)78-65(82)21-25-92-27-29-94-31-32-95-30-28-93-26-22-74-66(83)36-49-15-10-11-16-52-37-53(52)33-49/h8-9,13-14,17-20,38-44,46-47,49,52-53,55,60,67,72,88H,10-12,15-16,21-37,45H2,1-7H3,(H,74,83)(H,76,85)(H,77,84)(H,78,82)/b13-8+,14-9+/t47-,49?,52?,53?,55-,60-,67-,72-/m0/s1. The highest BCUT2D eigenvalue weighted by atomic mass is 16.6. The number of aliphatic hydroxyl groups is 1. The van der Waals surface area contributed by atoms with E-state index in [2.05, 4.69) is 26.3 Å². The molecule has 3 unspecified atom stereocenters. The largest absolute Gasteiger partial charge is 0.493 e. The number of fused-ring (bicyclic) bond motifs is 5.